The summed E-state index contributed by atoms with van der Waals surface area (Å²) < 4.78 is 5.90. The Hall–Kier alpha value is -0.573. The van der Waals surface area contributed by atoms with Gasteiger partial charge in [-0.3, -0.25) is 0 Å². The van der Waals surface area contributed by atoms with E-state index in [4.69, 9.17) is 4.74 Å². The molecule has 1 aliphatic rings. The molecule has 0 amide bonds. The zero-order valence-corrected chi connectivity index (χ0v) is 17.5. The van der Waals surface area contributed by atoms with E-state index in [2.05, 4.69) is 27.4 Å². The highest BCUT2D eigenvalue weighted by atomic mass is 28.3. The molecule has 140 valence electrons. The zero-order valence-electron chi connectivity index (χ0n) is 16.5. The van der Waals surface area contributed by atoms with Crippen molar-refractivity contribution in [2.24, 2.45) is 0 Å². The van der Waals surface area contributed by atoms with Gasteiger partial charge in [0.05, 0.1) is 8.07 Å². The average Bonchev–Trinajstić information content (AvgIpc) is 2.61. The first-order chi connectivity index (χ1) is 11.6. The Morgan fingerprint density at radius 2 is 1.38 bits per heavy atom. The van der Waals surface area contributed by atoms with E-state index in [0.29, 0.717) is 0 Å². The number of rotatable bonds is 12. The summed E-state index contributed by atoms with van der Waals surface area (Å²) in [6, 6.07) is 3.67. The van der Waals surface area contributed by atoms with Crippen molar-refractivity contribution < 1.29 is 9.53 Å². The number of hydrogen-bond donors (Lipinski definition) is 0. The van der Waals surface area contributed by atoms with Crippen molar-refractivity contribution >= 4 is 14.0 Å². The molecule has 1 aliphatic carbocycles. The molecule has 0 aromatic heterocycles. The second-order valence-electron chi connectivity index (χ2n) is 7.73. The Balaban J connectivity index is 2.82. The van der Waals surface area contributed by atoms with Gasteiger partial charge >= 0.3 is 5.97 Å². The molecule has 0 atom stereocenters. The highest BCUT2D eigenvalue weighted by Crippen LogP contribution is 2.35. The Labute approximate surface area is 151 Å². The summed E-state index contributed by atoms with van der Waals surface area (Å²) in [4.78, 5) is 12.9. The molecule has 0 aromatic carbocycles. The van der Waals surface area contributed by atoms with E-state index >= 15 is 0 Å². The first kappa shape index (κ1) is 21.5. The van der Waals surface area contributed by atoms with Crippen LogP contribution in [0.1, 0.15) is 91.4 Å². The van der Waals surface area contributed by atoms with Gasteiger partial charge in [-0.1, -0.05) is 90.4 Å². The topological polar surface area (TPSA) is 26.3 Å². The van der Waals surface area contributed by atoms with Gasteiger partial charge in [-0.05, 0) is 25.7 Å². The Bertz CT molecular complexity index is 350. The number of carbonyl (C=O) groups excluding carboxylic acids is 1. The monoisotopic (exact) mass is 352 g/mol. The first-order valence-electron chi connectivity index (χ1n) is 10.5. The molecule has 0 aromatic rings. The van der Waals surface area contributed by atoms with Gasteiger partial charge in [-0.25, -0.2) is 4.79 Å². The van der Waals surface area contributed by atoms with Gasteiger partial charge in [0.15, 0.2) is 0 Å². The van der Waals surface area contributed by atoms with Gasteiger partial charge in [-0.15, -0.1) is 0 Å². The summed E-state index contributed by atoms with van der Waals surface area (Å²) in [6.07, 6.45) is 13.3. The molecule has 1 saturated carbocycles. The fourth-order valence-corrected chi connectivity index (χ4v) is 9.23. The molecule has 0 N–H and O–H groups in total. The van der Waals surface area contributed by atoms with Crippen LogP contribution in [-0.2, 0) is 9.53 Å². The standard InChI is InChI=1S/C21H40O2Si/c1-5-8-16-24(17-9-6-2,18-10-7-3)19(4)21(22)23-20-14-12-11-13-15-20/h20H,4-18H2,1-3H3. The highest BCUT2D eigenvalue weighted by molar-refractivity contribution is 6.90. The quantitative estimate of drug-likeness (QED) is 0.219. The van der Waals surface area contributed by atoms with E-state index in [1.54, 1.807) is 0 Å². The normalized spacial score (nSPS) is 16.1. The van der Waals surface area contributed by atoms with E-state index in [0.717, 1.165) is 18.0 Å². The van der Waals surface area contributed by atoms with E-state index in [1.807, 2.05) is 0 Å². The summed E-state index contributed by atoms with van der Waals surface area (Å²) in [5.41, 5.74) is 0. The second kappa shape index (κ2) is 11.9. The van der Waals surface area contributed by atoms with E-state index in [-0.39, 0.29) is 12.1 Å². The fourth-order valence-electron chi connectivity index (χ4n) is 4.00. The van der Waals surface area contributed by atoms with Gasteiger partial charge in [-0.2, -0.15) is 0 Å². The van der Waals surface area contributed by atoms with Crippen molar-refractivity contribution in [3.05, 3.63) is 11.8 Å². The minimum atomic E-state index is -1.78. The molecule has 0 bridgehead atoms. The SMILES string of the molecule is C=C(C(=O)OC1CCCCC1)[Si](CCCC)(CCCC)CCCC. The summed E-state index contributed by atoms with van der Waals surface area (Å²) in [5.74, 6) is -0.0446. The van der Waals surface area contributed by atoms with E-state index < -0.39 is 8.07 Å². The molecule has 24 heavy (non-hydrogen) atoms. The van der Waals surface area contributed by atoms with Gasteiger partial charge in [0.2, 0.25) is 0 Å². The van der Waals surface area contributed by atoms with Crippen LogP contribution in [0.2, 0.25) is 18.1 Å². The molecule has 1 rings (SSSR count). The molecule has 2 nitrogen and oxygen atoms in total. The summed E-state index contributed by atoms with van der Waals surface area (Å²) >= 11 is 0. The lowest BCUT2D eigenvalue weighted by Crippen LogP contribution is -2.41. The summed E-state index contributed by atoms with van der Waals surface area (Å²) in [5, 5.41) is 0.906. The lowest BCUT2D eigenvalue weighted by molar-refractivity contribution is -0.144. The number of hydrogen-bond acceptors (Lipinski definition) is 2. The minimum absolute atomic E-state index is 0.0446. The van der Waals surface area contributed by atoms with Gasteiger partial charge in [0.1, 0.15) is 6.10 Å². The molecule has 0 unspecified atom stereocenters. The molecular weight excluding hydrogens is 312 g/mol. The van der Waals surface area contributed by atoms with Crippen molar-refractivity contribution in [2.75, 3.05) is 0 Å². The lowest BCUT2D eigenvalue weighted by atomic mass is 9.98. The van der Waals surface area contributed by atoms with Gasteiger partial charge < -0.3 is 4.74 Å². The molecular formula is C21H40O2Si. The van der Waals surface area contributed by atoms with Crippen LogP contribution in [0.15, 0.2) is 11.8 Å². The van der Waals surface area contributed by atoms with Crippen molar-refractivity contribution in [3.63, 3.8) is 0 Å². The number of unbranched alkanes of at least 4 members (excludes halogenated alkanes) is 3. The maximum atomic E-state index is 12.9. The highest BCUT2D eigenvalue weighted by Gasteiger charge is 2.38. The molecule has 3 heteroatoms. The number of ether oxygens (including phenoxy) is 1. The third-order valence-corrected chi connectivity index (χ3v) is 11.2. The van der Waals surface area contributed by atoms with Crippen LogP contribution in [0.5, 0.6) is 0 Å². The van der Waals surface area contributed by atoms with Crippen LogP contribution in [-0.4, -0.2) is 20.1 Å². The molecule has 0 spiro atoms. The van der Waals surface area contributed by atoms with Gasteiger partial charge in [0.25, 0.3) is 0 Å². The predicted molar refractivity (Wildman–Crippen MR) is 107 cm³/mol. The fraction of sp³-hybridized carbons (Fsp3) is 0.857. The summed E-state index contributed by atoms with van der Waals surface area (Å²) in [6.45, 7) is 11.1. The lowest BCUT2D eigenvalue weighted by Gasteiger charge is -2.34. The number of carbonyl (C=O) groups is 1. The van der Waals surface area contributed by atoms with E-state index in [9.17, 15) is 4.79 Å². The predicted octanol–water partition coefficient (Wildman–Crippen LogP) is 6.81. The maximum Gasteiger partial charge on any atom is 0.329 e. The van der Waals surface area contributed by atoms with Crippen LogP contribution in [0.3, 0.4) is 0 Å². The largest absolute Gasteiger partial charge is 0.459 e. The van der Waals surface area contributed by atoms with Crippen molar-refractivity contribution in [1.82, 2.24) is 0 Å². The summed E-state index contributed by atoms with van der Waals surface area (Å²) in [7, 11) is -1.78. The molecule has 0 heterocycles. The van der Waals surface area contributed by atoms with Crippen LogP contribution in [0.4, 0.5) is 0 Å². The maximum absolute atomic E-state index is 12.9. The van der Waals surface area contributed by atoms with Crippen molar-refractivity contribution in [1.29, 1.82) is 0 Å². The molecule has 0 aliphatic heterocycles. The molecule has 0 saturated heterocycles. The molecule has 0 radical (unpaired) electrons. The first-order valence-corrected chi connectivity index (χ1v) is 13.1. The third kappa shape index (κ3) is 6.74. The Morgan fingerprint density at radius 1 is 0.917 bits per heavy atom. The molecule has 1 fully saturated rings. The van der Waals surface area contributed by atoms with Crippen LogP contribution < -0.4 is 0 Å². The number of esters is 1. The van der Waals surface area contributed by atoms with Crippen molar-refractivity contribution in [2.45, 2.75) is 116 Å². The van der Waals surface area contributed by atoms with Crippen LogP contribution in [0, 0.1) is 0 Å². The minimum Gasteiger partial charge on any atom is -0.459 e. The van der Waals surface area contributed by atoms with Gasteiger partial charge in [0, 0.05) is 5.20 Å². The van der Waals surface area contributed by atoms with Crippen LogP contribution in [0.25, 0.3) is 0 Å². The Kier molecular flexibility index (Phi) is 10.6. The second-order valence-corrected chi connectivity index (χ2v) is 12.4. The van der Waals surface area contributed by atoms with Crippen LogP contribution >= 0.6 is 0 Å². The third-order valence-electron chi connectivity index (χ3n) is 5.74. The van der Waals surface area contributed by atoms with Crippen molar-refractivity contribution in [3.8, 4) is 0 Å². The van der Waals surface area contributed by atoms with E-state index in [1.165, 1.54) is 75.9 Å². The smallest absolute Gasteiger partial charge is 0.329 e. The Morgan fingerprint density at radius 3 is 1.79 bits per heavy atom. The average molecular weight is 353 g/mol. The zero-order chi connectivity index (χ0) is 17.8.